The Morgan fingerprint density at radius 1 is 1.35 bits per heavy atom. The van der Waals surface area contributed by atoms with Crippen LogP contribution in [0.15, 0.2) is 24.3 Å². The molecule has 1 unspecified atom stereocenters. The first-order chi connectivity index (χ1) is 9.43. The summed E-state index contributed by atoms with van der Waals surface area (Å²) in [5, 5.41) is 3.25. The molecule has 1 N–H and O–H groups in total. The molecule has 1 amide bonds. The van der Waals surface area contributed by atoms with Crippen molar-refractivity contribution < 1.29 is 9.53 Å². The Morgan fingerprint density at radius 2 is 2.05 bits per heavy atom. The maximum atomic E-state index is 11.9. The van der Waals surface area contributed by atoms with E-state index in [0.717, 1.165) is 17.9 Å². The normalized spacial score (nSPS) is 12.3. The highest BCUT2D eigenvalue weighted by atomic mass is 16.5. The van der Waals surface area contributed by atoms with Crippen LogP contribution in [-0.4, -0.2) is 36.5 Å². The Labute approximate surface area is 122 Å². The maximum absolute atomic E-state index is 11.9. The molecule has 1 atom stereocenters. The smallest absolute Gasteiger partial charge is 0.239 e. The standard InChI is InChI=1S/C16H26N2O2/c1-6-18(5)16(19)13(4)17-11-14-8-7-9-15(10-14)20-12(2)3/h7-10,12-13,17H,6,11H2,1-5H3. The van der Waals surface area contributed by atoms with Gasteiger partial charge in [-0.25, -0.2) is 0 Å². The summed E-state index contributed by atoms with van der Waals surface area (Å²) in [6, 6.07) is 7.77. The van der Waals surface area contributed by atoms with Crippen LogP contribution < -0.4 is 10.1 Å². The SMILES string of the molecule is CCN(C)C(=O)C(C)NCc1cccc(OC(C)C)c1. The van der Waals surface area contributed by atoms with Gasteiger partial charge in [0.1, 0.15) is 5.75 Å². The molecule has 0 bridgehead atoms. The van der Waals surface area contributed by atoms with Crippen LogP contribution in [0, 0.1) is 0 Å². The highest BCUT2D eigenvalue weighted by molar-refractivity contribution is 5.81. The molecule has 4 heteroatoms. The molecular formula is C16H26N2O2. The van der Waals surface area contributed by atoms with Crippen molar-refractivity contribution in [2.45, 2.75) is 46.4 Å². The molecule has 1 aromatic carbocycles. The topological polar surface area (TPSA) is 41.6 Å². The lowest BCUT2D eigenvalue weighted by molar-refractivity contribution is -0.131. The fraction of sp³-hybridized carbons (Fsp3) is 0.562. The Morgan fingerprint density at radius 3 is 2.65 bits per heavy atom. The van der Waals surface area contributed by atoms with Crippen molar-refractivity contribution in [3.63, 3.8) is 0 Å². The highest BCUT2D eigenvalue weighted by Gasteiger charge is 2.15. The monoisotopic (exact) mass is 278 g/mol. The molecule has 1 rings (SSSR count). The third-order valence-corrected chi connectivity index (χ3v) is 3.10. The summed E-state index contributed by atoms with van der Waals surface area (Å²) in [6.45, 7) is 9.25. The zero-order valence-corrected chi connectivity index (χ0v) is 13.1. The van der Waals surface area contributed by atoms with E-state index in [1.807, 2.05) is 59.0 Å². The number of carbonyl (C=O) groups excluding carboxylic acids is 1. The number of amides is 1. The molecule has 0 saturated carbocycles. The quantitative estimate of drug-likeness (QED) is 0.833. The van der Waals surface area contributed by atoms with Gasteiger partial charge >= 0.3 is 0 Å². The Bertz CT molecular complexity index is 432. The summed E-state index contributed by atoms with van der Waals surface area (Å²) in [5.74, 6) is 0.978. The van der Waals surface area contributed by atoms with Crippen LogP contribution in [0.3, 0.4) is 0 Å². The first kappa shape index (κ1) is 16.5. The Balaban J connectivity index is 2.55. The minimum absolute atomic E-state index is 0.113. The first-order valence-electron chi connectivity index (χ1n) is 7.18. The second-order valence-electron chi connectivity index (χ2n) is 5.27. The van der Waals surface area contributed by atoms with Crippen molar-refractivity contribution in [1.82, 2.24) is 10.2 Å². The zero-order valence-electron chi connectivity index (χ0n) is 13.1. The van der Waals surface area contributed by atoms with Gasteiger partial charge in [-0.1, -0.05) is 12.1 Å². The van der Waals surface area contributed by atoms with Crippen molar-refractivity contribution in [3.05, 3.63) is 29.8 Å². The number of ether oxygens (including phenoxy) is 1. The van der Waals surface area contributed by atoms with E-state index in [1.54, 1.807) is 4.90 Å². The fourth-order valence-electron chi connectivity index (χ4n) is 1.85. The van der Waals surface area contributed by atoms with Crippen molar-refractivity contribution in [2.24, 2.45) is 0 Å². The van der Waals surface area contributed by atoms with E-state index in [2.05, 4.69) is 5.32 Å². The predicted octanol–water partition coefficient (Wildman–Crippen LogP) is 2.43. The third-order valence-electron chi connectivity index (χ3n) is 3.10. The van der Waals surface area contributed by atoms with Gasteiger partial charge in [-0.15, -0.1) is 0 Å². The largest absolute Gasteiger partial charge is 0.491 e. The van der Waals surface area contributed by atoms with Gasteiger partial charge in [0.25, 0.3) is 0 Å². The molecule has 4 nitrogen and oxygen atoms in total. The third kappa shape index (κ3) is 5.21. The molecule has 0 spiro atoms. The van der Waals surface area contributed by atoms with E-state index < -0.39 is 0 Å². The van der Waals surface area contributed by atoms with E-state index in [1.165, 1.54) is 0 Å². The fourth-order valence-corrected chi connectivity index (χ4v) is 1.85. The second-order valence-corrected chi connectivity index (χ2v) is 5.27. The Kier molecular flexibility index (Phi) is 6.52. The van der Waals surface area contributed by atoms with Crippen LogP contribution in [0.4, 0.5) is 0 Å². The number of hydrogen-bond acceptors (Lipinski definition) is 3. The van der Waals surface area contributed by atoms with Crippen LogP contribution in [0.25, 0.3) is 0 Å². The van der Waals surface area contributed by atoms with Gasteiger partial charge in [0.2, 0.25) is 5.91 Å². The maximum Gasteiger partial charge on any atom is 0.239 e. The van der Waals surface area contributed by atoms with E-state index in [9.17, 15) is 4.79 Å². The minimum atomic E-state index is -0.186. The lowest BCUT2D eigenvalue weighted by atomic mass is 10.2. The summed E-state index contributed by atoms with van der Waals surface area (Å²) in [5.41, 5.74) is 1.11. The minimum Gasteiger partial charge on any atom is -0.491 e. The van der Waals surface area contributed by atoms with Crippen LogP contribution in [0.1, 0.15) is 33.3 Å². The molecule has 0 saturated heterocycles. The lowest BCUT2D eigenvalue weighted by Gasteiger charge is -2.20. The molecule has 112 valence electrons. The lowest BCUT2D eigenvalue weighted by Crippen LogP contribution is -2.42. The number of carbonyl (C=O) groups is 1. The van der Waals surface area contributed by atoms with Gasteiger partial charge in [0.05, 0.1) is 12.1 Å². The van der Waals surface area contributed by atoms with Crippen molar-refractivity contribution in [2.75, 3.05) is 13.6 Å². The highest BCUT2D eigenvalue weighted by Crippen LogP contribution is 2.14. The number of nitrogens with zero attached hydrogens (tertiary/aromatic N) is 1. The van der Waals surface area contributed by atoms with Crippen LogP contribution in [0.2, 0.25) is 0 Å². The molecule has 0 aliphatic heterocycles. The second kappa shape index (κ2) is 7.90. The number of nitrogens with one attached hydrogen (secondary N) is 1. The Hall–Kier alpha value is -1.55. The van der Waals surface area contributed by atoms with Gasteiger partial charge < -0.3 is 15.0 Å². The van der Waals surface area contributed by atoms with Gasteiger partial charge in [-0.05, 0) is 45.4 Å². The van der Waals surface area contributed by atoms with E-state index >= 15 is 0 Å². The number of likely N-dealkylation sites (N-methyl/N-ethyl adjacent to an activating group) is 1. The van der Waals surface area contributed by atoms with Gasteiger partial charge in [0, 0.05) is 20.1 Å². The molecule has 0 fully saturated rings. The van der Waals surface area contributed by atoms with Crippen LogP contribution >= 0.6 is 0 Å². The van der Waals surface area contributed by atoms with Gasteiger partial charge in [-0.2, -0.15) is 0 Å². The van der Waals surface area contributed by atoms with Crippen molar-refractivity contribution in [3.8, 4) is 5.75 Å². The summed E-state index contributed by atoms with van der Waals surface area (Å²) < 4.78 is 5.66. The molecule has 0 heterocycles. The summed E-state index contributed by atoms with van der Waals surface area (Å²) >= 11 is 0. The first-order valence-corrected chi connectivity index (χ1v) is 7.18. The molecule has 0 aliphatic rings. The van der Waals surface area contributed by atoms with Crippen LogP contribution in [-0.2, 0) is 11.3 Å². The molecular weight excluding hydrogens is 252 g/mol. The van der Waals surface area contributed by atoms with Crippen LogP contribution in [0.5, 0.6) is 5.75 Å². The van der Waals surface area contributed by atoms with E-state index in [4.69, 9.17) is 4.74 Å². The number of benzene rings is 1. The van der Waals surface area contributed by atoms with E-state index in [-0.39, 0.29) is 18.1 Å². The number of rotatable bonds is 7. The average molecular weight is 278 g/mol. The van der Waals surface area contributed by atoms with Gasteiger partial charge in [0.15, 0.2) is 0 Å². The predicted molar refractivity (Wildman–Crippen MR) is 81.8 cm³/mol. The molecule has 20 heavy (non-hydrogen) atoms. The van der Waals surface area contributed by atoms with E-state index in [0.29, 0.717) is 6.54 Å². The average Bonchev–Trinajstić information content (AvgIpc) is 2.42. The van der Waals surface area contributed by atoms with Crippen molar-refractivity contribution in [1.29, 1.82) is 0 Å². The number of hydrogen-bond donors (Lipinski definition) is 1. The molecule has 0 aromatic heterocycles. The van der Waals surface area contributed by atoms with Crippen molar-refractivity contribution >= 4 is 5.91 Å². The molecule has 0 radical (unpaired) electrons. The molecule has 0 aliphatic carbocycles. The zero-order chi connectivity index (χ0) is 15.1. The summed E-state index contributed by atoms with van der Waals surface area (Å²) in [7, 11) is 1.82. The summed E-state index contributed by atoms with van der Waals surface area (Å²) in [6.07, 6.45) is 0.164. The van der Waals surface area contributed by atoms with Gasteiger partial charge in [-0.3, -0.25) is 4.79 Å². The summed E-state index contributed by atoms with van der Waals surface area (Å²) in [4.78, 5) is 13.7. The molecule has 1 aromatic rings.